The standard InChI is InChI=1S/C15H17N5O3/c1-22-15-18-5-4-13(19-15)23-11-3-2-8-20(10-11)14(21)12-9-16-6-7-17-12/h4-7,9,11H,2-3,8,10H2,1H3. The highest BCUT2D eigenvalue weighted by molar-refractivity contribution is 5.92. The molecule has 3 rings (SSSR count). The first-order valence-electron chi connectivity index (χ1n) is 7.35. The van der Waals surface area contributed by atoms with Crippen LogP contribution in [0.1, 0.15) is 23.3 Å². The maximum Gasteiger partial charge on any atom is 0.319 e. The topological polar surface area (TPSA) is 90.3 Å². The Labute approximate surface area is 133 Å². The van der Waals surface area contributed by atoms with Crippen molar-refractivity contribution in [1.82, 2.24) is 24.8 Å². The number of hydrogen-bond donors (Lipinski definition) is 0. The van der Waals surface area contributed by atoms with Gasteiger partial charge in [-0.15, -0.1) is 0 Å². The number of ether oxygens (including phenoxy) is 2. The molecule has 1 aliphatic heterocycles. The average Bonchev–Trinajstić information content (AvgIpc) is 2.62. The molecule has 2 aromatic heterocycles. The lowest BCUT2D eigenvalue weighted by atomic mass is 10.1. The van der Waals surface area contributed by atoms with Crippen LogP contribution in [0.25, 0.3) is 0 Å². The monoisotopic (exact) mass is 315 g/mol. The summed E-state index contributed by atoms with van der Waals surface area (Å²) in [6.45, 7) is 1.17. The predicted octanol–water partition coefficient (Wildman–Crippen LogP) is 0.959. The number of methoxy groups -OCH3 is 1. The Bertz CT molecular complexity index is 667. The molecule has 0 aliphatic carbocycles. The van der Waals surface area contributed by atoms with Crippen molar-refractivity contribution in [3.63, 3.8) is 0 Å². The van der Waals surface area contributed by atoms with Gasteiger partial charge in [0.25, 0.3) is 5.91 Å². The molecule has 23 heavy (non-hydrogen) atoms. The number of hydrogen-bond acceptors (Lipinski definition) is 7. The Kier molecular flexibility index (Phi) is 4.60. The van der Waals surface area contributed by atoms with Gasteiger partial charge in [0, 0.05) is 31.2 Å². The van der Waals surface area contributed by atoms with Crippen molar-refractivity contribution in [1.29, 1.82) is 0 Å². The van der Waals surface area contributed by atoms with Crippen LogP contribution in [-0.2, 0) is 0 Å². The minimum absolute atomic E-state index is 0.121. The molecule has 1 atom stereocenters. The van der Waals surface area contributed by atoms with Gasteiger partial charge in [0.15, 0.2) is 0 Å². The van der Waals surface area contributed by atoms with Crippen molar-refractivity contribution in [3.05, 3.63) is 36.5 Å². The molecule has 120 valence electrons. The third-order valence-electron chi connectivity index (χ3n) is 3.53. The molecule has 0 aromatic carbocycles. The zero-order valence-corrected chi connectivity index (χ0v) is 12.8. The minimum atomic E-state index is -0.133. The van der Waals surface area contributed by atoms with E-state index < -0.39 is 0 Å². The molecule has 0 N–H and O–H groups in total. The summed E-state index contributed by atoms with van der Waals surface area (Å²) >= 11 is 0. The molecule has 2 aromatic rings. The van der Waals surface area contributed by atoms with Crippen LogP contribution < -0.4 is 9.47 Å². The second-order valence-corrected chi connectivity index (χ2v) is 5.11. The molecule has 0 saturated carbocycles. The van der Waals surface area contributed by atoms with Crippen molar-refractivity contribution in [2.75, 3.05) is 20.2 Å². The summed E-state index contributed by atoms with van der Waals surface area (Å²) in [5, 5.41) is 0. The lowest BCUT2D eigenvalue weighted by Gasteiger charge is -2.32. The fraction of sp³-hybridized carbons (Fsp3) is 0.400. The number of nitrogens with zero attached hydrogens (tertiary/aromatic N) is 5. The van der Waals surface area contributed by atoms with Gasteiger partial charge in [-0.05, 0) is 12.8 Å². The highest BCUT2D eigenvalue weighted by atomic mass is 16.5. The van der Waals surface area contributed by atoms with E-state index in [1.54, 1.807) is 23.4 Å². The van der Waals surface area contributed by atoms with Crippen LogP contribution >= 0.6 is 0 Å². The van der Waals surface area contributed by atoms with E-state index in [1.807, 2.05) is 0 Å². The number of piperidine rings is 1. The van der Waals surface area contributed by atoms with E-state index in [4.69, 9.17) is 9.47 Å². The Balaban J connectivity index is 1.65. The van der Waals surface area contributed by atoms with E-state index in [0.717, 1.165) is 12.8 Å². The molecule has 1 aliphatic rings. The number of rotatable bonds is 4. The van der Waals surface area contributed by atoms with Gasteiger partial charge in [-0.25, -0.2) is 9.97 Å². The van der Waals surface area contributed by atoms with E-state index in [2.05, 4.69) is 19.9 Å². The third-order valence-corrected chi connectivity index (χ3v) is 3.53. The van der Waals surface area contributed by atoms with Gasteiger partial charge in [-0.2, -0.15) is 4.98 Å². The van der Waals surface area contributed by atoms with Gasteiger partial charge in [-0.3, -0.25) is 9.78 Å². The molecule has 1 saturated heterocycles. The Morgan fingerprint density at radius 2 is 2.22 bits per heavy atom. The maximum absolute atomic E-state index is 12.4. The number of aromatic nitrogens is 4. The van der Waals surface area contributed by atoms with Crippen molar-refractivity contribution >= 4 is 5.91 Å². The Morgan fingerprint density at radius 1 is 1.30 bits per heavy atom. The normalized spacial score (nSPS) is 17.6. The van der Waals surface area contributed by atoms with Crippen LogP contribution in [0.2, 0.25) is 0 Å². The fourth-order valence-electron chi connectivity index (χ4n) is 2.45. The van der Waals surface area contributed by atoms with Crippen LogP contribution in [-0.4, -0.2) is 57.0 Å². The Morgan fingerprint density at radius 3 is 3.00 bits per heavy atom. The number of carbonyl (C=O) groups is 1. The van der Waals surface area contributed by atoms with Crippen LogP contribution in [0.5, 0.6) is 11.9 Å². The number of amides is 1. The van der Waals surface area contributed by atoms with E-state index in [9.17, 15) is 4.79 Å². The molecule has 8 nitrogen and oxygen atoms in total. The van der Waals surface area contributed by atoms with Crippen LogP contribution in [0.4, 0.5) is 0 Å². The van der Waals surface area contributed by atoms with E-state index in [1.165, 1.54) is 19.5 Å². The van der Waals surface area contributed by atoms with Crippen LogP contribution in [0.15, 0.2) is 30.9 Å². The van der Waals surface area contributed by atoms with Crippen LogP contribution in [0, 0.1) is 0 Å². The zero-order valence-electron chi connectivity index (χ0n) is 12.8. The SMILES string of the molecule is COc1nccc(OC2CCCN(C(=O)c3cnccn3)C2)n1. The summed E-state index contributed by atoms with van der Waals surface area (Å²) in [6, 6.07) is 1.93. The first-order valence-corrected chi connectivity index (χ1v) is 7.35. The van der Waals surface area contributed by atoms with Gasteiger partial charge in [0.05, 0.1) is 19.9 Å². The highest BCUT2D eigenvalue weighted by Crippen LogP contribution is 2.19. The quantitative estimate of drug-likeness (QED) is 0.830. The molecule has 8 heteroatoms. The molecule has 0 radical (unpaired) electrons. The molecule has 1 fully saturated rings. The first-order chi connectivity index (χ1) is 11.3. The molecule has 3 heterocycles. The lowest BCUT2D eigenvalue weighted by Crippen LogP contribution is -2.44. The largest absolute Gasteiger partial charge is 0.472 e. The first kappa shape index (κ1) is 15.1. The summed E-state index contributed by atoms with van der Waals surface area (Å²) in [7, 11) is 1.50. The second kappa shape index (κ2) is 6.99. The predicted molar refractivity (Wildman–Crippen MR) is 80.2 cm³/mol. The van der Waals surface area contributed by atoms with Gasteiger partial charge in [0.1, 0.15) is 11.8 Å². The van der Waals surface area contributed by atoms with Crippen molar-refractivity contribution in [2.45, 2.75) is 18.9 Å². The summed E-state index contributed by atoms with van der Waals surface area (Å²) < 4.78 is 10.8. The smallest absolute Gasteiger partial charge is 0.319 e. The van der Waals surface area contributed by atoms with E-state index >= 15 is 0 Å². The number of likely N-dealkylation sites (tertiary alicyclic amines) is 1. The summed E-state index contributed by atoms with van der Waals surface area (Å²) in [5.74, 6) is 0.308. The van der Waals surface area contributed by atoms with Crippen molar-refractivity contribution in [2.24, 2.45) is 0 Å². The lowest BCUT2D eigenvalue weighted by molar-refractivity contribution is 0.0520. The summed E-state index contributed by atoms with van der Waals surface area (Å²) in [5.41, 5.74) is 0.344. The van der Waals surface area contributed by atoms with Gasteiger partial charge in [-0.1, -0.05) is 0 Å². The highest BCUT2D eigenvalue weighted by Gasteiger charge is 2.26. The fourth-order valence-corrected chi connectivity index (χ4v) is 2.45. The maximum atomic E-state index is 12.4. The minimum Gasteiger partial charge on any atom is -0.472 e. The second-order valence-electron chi connectivity index (χ2n) is 5.11. The number of carbonyl (C=O) groups excluding carboxylic acids is 1. The molecular formula is C15H17N5O3. The zero-order chi connectivity index (χ0) is 16.1. The Hall–Kier alpha value is -2.77. The average molecular weight is 315 g/mol. The molecule has 1 amide bonds. The summed E-state index contributed by atoms with van der Waals surface area (Å²) in [4.78, 5) is 30.2. The third kappa shape index (κ3) is 3.71. The molecule has 0 bridgehead atoms. The van der Waals surface area contributed by atoms with Crippen LogP contribution in [0.3, 0.4) is 0 Å². The summed E-state index contributed by atoms with van der Waals surface area (Å²) in [6.07, 6.45) is 7.70. The molecule has 1 unspecified atom stereocenters. The van der Waals surface area contributed by atoms with E-state index in [-0.39, 0.29) is 18.0 Å². The van der Waals surface area contributed by atoms with Crippen molar-refractivity contribution in [3.8, 4) is 11.9 Å². The van der Waals surface area contributed by atoms with Gasteiger partial charge < -0.3 is 14.4 Å². The van der Waals surface area contributed by atoms with E-state index in [0.29, 0.717) is 24.7 Å². The molecule has 0 spiro atoms. The van der Waals surface area contributed by atoms with Gasteiger partial charge >= 0.3 is 6.01 Å². The van der Waals surface area contributed by atoms with Crippen molar-refractivity contribution < 1.29 is 14.3 Å². The molecular weight excluding hydrogens is 298 g/mol. The van der Waals surface area contributed by atoms with Gasteiger partial charge in [0.2, 0.25) is 5.88 Å².